The molecular weight excluding hydrogens is 202 g/mol. The molecule has 0 atom stereocenters. The van der Waals surface area contributed by atoms with Crippen LogP contribution in [-0.4, -0.2) is 16.3 Å². The number of hydrogen-bond donors (Lipinski definition) is 2. The number of nitrogens with one attached hydrogen (secondary N) is 1. The van der Waals surface area contributed by atoms with E-state index >= 15 is 0 Å². The van der Waals surface area contributed by atoms with Crippen LogP contribution in [0.4, 0.5) is 0 Å². The molecule has 2 aromatic rings. The maximum atomic E-state index is 12.0. The van der Waals surface area contributed by atoms with Gasteiger partial charge in [-0.15, -0.1) is 0 Å². The third-order valence-electron chi connectivity index (χ3n) is 2.76. The molecule has 0 aliphatic carbocycles. The van der Waals surface area contributed by atoms with E-state index in [1.54, 1.807) is 4.68 Å². The van der Waals surface area contributed by atoms with Gasteiger partial charge in [0.1, 0.15) is 0 Å². The fraction of sp³-hybridized carbons (Fsp3) is 0.417. The van der Waals surface area contributed by atoms with Gasteiger partial charge in [0.05, 0.1) is 10.9 Å². The zero-order chi connectivity index (χ0) is 11.7. The minimum absolute atomic E-state index is 0.0453. The summed E-state index contributed by atoms with van der Waals surface area (Å²) in [4.78, 5) is 12.0. The van der Waals surface area contributed by atoms with E-state index in [1.807, 2.05) is 32.0 Å². The average molecular weight is 219 g/mol. The lowest BCUT2D eigenvalue weighted by atomic mass is 10.1. The minimum atomic E-state index is 0.0453. The van der Waals surface area contributed by atoms with Crippen LogP contribution in [0.15, 0.2) is 23.0 Å². The largest absolute Gasteiger partial charge is 0.330 e. The number of nitrogens with zero attached hydrogens (tertiary/aromatic N) is 1. The first-order chi connectivity index (χ1) is 7.65. The van der Waals surface area contributed by atoms with Gasteiger partial charge < -0.3 is 5.73 Å². The fourth-order valence-electron chi connectivity index (χ4n) is 1.94. The van der Waals surface area contributed by atoms with Gasteiger partial charge in [-0.1, -0.05) is 12.1 Å². The summed E-state index contributed by atoms with van der Waals surface area (Å²) in [6, 6.07) is 5.92. The Morgan fingerprint density at radius 1 is 1.44 bits per heavy atom. The minimum Gasteiger partial charge on any atom is -0.330 e. The highest BCUT2D eigenvalue weighted by atomic mass is 16.1. The van der Waals surface area contributed by atoms with E-state index < -0.39 is 0 Å². The van der Waals surface area contributed by atoms with Crippen LogP contribution in [0.5, 0.6) is 0 Å². The Morgan fingerprint density at radius 3 is 2.81 bits per heavy atom. The lowest BCUT2D eigenvalue weighted by Gasteiger charge is -2.04. The number of benzene rings is 1. The van der Waals surface area contributed by atoms with Crippen LogP contribution >= 0.6 is 0 Å². The molecule has 0 radical (unpaired) electrons. The first kappa shape index (κ1) is 11.0. The Labute approximate surface area is 94.0 Å². The van der Waals surface area contributed by atoms with E-state index in [0.29, 0.717) is 6.54 Å². The second-order valence-corrected chi connectivity index (χ2v) is 4.26. The van der Waals surface area contributed by atoms with Crippen LogP contribution in [-0.2, 0) is 6.42 Å². The average Bonchev–Trinajstić information content (AvgIpc) is 2.58. The molecule has 1 heterocycles. The molecule has 1 aromatic heterocycles. The Kier molecular flexibility index (Phi) is 2.83. The summed E-state index contributed by atoms with van der Waals surface area (Å²) in [6.45, 7) is 4.56. The van der Waals surface area contributed by atoms with Crippen molar-refractivity contribution in [3.63, 3.8) is 0 Å². The van der Waals surface area contributed by atoms with Crippen LogP contribution in [0, 0.1) is 0 Å². The van der Waals surface area contributed by atoms with Crippen LogP contribution in [0.3, 0.4) is 0 Å². The van der Waals surface area contributed by atoms with Gasteiger partial charge in [-0.3, -0.25) is 9.89 Å². The molecule has 0 spiro atoms. The van der Waals surface area contributed by atoms with Crippen LogP contribution in [0.1, 0.15) is 25.5 Å². The van der Waals surface area contributed by atoms with Crippen molar-refractivity contribution in [2.75, 3.05) is 6.54 Å². The Hall–Kier alpha value is -1.55. The van der Waals surface area contributed by atoms with Gasteiger partial charge in [-0.25, -0.2) is 4.68 Å². The normalized spacial score (nSPS) is 11.5. The lowest BCUT2D eigenvalue weighted by molar-refractivity contribution is 0.522. The monoisotopic (exact) mass is 219 g/mol. The molecule has 16 heavy (non-hydrogen) atoms. The summed E-state index contributed by atoms with van der Waals surface area (Å²) < 4.78 is 1.66. The number of aromatic amines is 1. The zero-order valence-electron chi connectivity index (χ0n) is 9.66. The van der Waals surface area contributed by atoms with Gasteiger partial charge in [-0.05, 0) is 38.4 Å². The molecular formula is C12H17N3O. The van der Waals surface area contributed by atoms with Crippen molar-refractivity contribution in [1.29, 1.82) is 0 Å². The molecule has 0 aliphatic rings. The van der Waals surface area contributed by atoms with E-state index in [1.165, 1.54) is 0 Å². The number of rotatable bonds is 3. The van der Waals surface area contributed by atoms with E-state index in [0.717, 1.165) is 22.9 Å². The first-order valence-electron chi connectivity index (χ1n) is 5.57. The number of aromatic nitrogens is 2. The third kappa shape index (κ3) is 1.65. The smallest absolute Gasteiger partial charge is 0.274 e. The summed E-state index contributed by atoms with van der Waals surface area (Å²) >= 11 is 0. The number of nitrogens with two attached hydrogens (primary N) is 1. The second kappa shape index (κ2) is 4.14. The first-order valence-corrected chi connectivity index (χ1v) is 5.57. The lowest BCUT2D eigenvalue weighted by Crippen LogP contribution is -2.18. The van der Waals surface area contributed by atoms with Gasteiger partial charge in [-0.2, -0.15) is 0 Å². The van der Waals surface area contributed by atoms with E-state index in [9.17, 15) is 4.79 Å². The summed E-state index contributed by atoms with van der Waals surface area (Å²) in [7, 11) is 0. The SMILES string of the molecule is CC(C)n1[nH]c2c(CCN)cccc2c1=O. The Bertz CT molecular complexity index is 551. The highest BCUT2D eigenvalue weighted by Crippen LogP contribution is 2.15. The molecule has 2 rings (SSSR count). The van der Waals surface area contributed by atoms with Crippen molar-refractivity contribution in [2.45, 2.75) is 26.3 Å². The number of H-pyrrole nitrogens is 1. The molecule has 3 N–H and O–H groups in total. The maximum absolute atomic E-state index is 12.0. The molecule has 0 amide bonds. The van der Waals surface area contributed by atoms with Crippen LogP contribution in [0.2, 0.25) is 0 Å². The Balaban J connectivity index is 2.70. The molecule has 86 valence electrons. The quantitative estimate of drug-likeness (QED) is 0.819. The van der Waals surface area contributed by atoms with Crippen molar-refractivity contribution in [2.24, 2.45) is 5.73 Å². The van der Waals surface area contributed by atoms with Crippen LogP contribution in [0.25, 0.3) is 10.9 Å². The third-order valence-corrected chi connectivity index (χ3v) is 2.76. The predicted molar refractivity (Wildman–Crippen MR) is 65.7 cm³/mol. The molecule has 4 heteroatoms. The number of hydrogen-bond acceptors (Lipinski definition) is 2. The van der Waals surface area contributed by atoms with Gasteiger partial charge in [0.25, 0.3) is 5.56 Å². The molecule has 4 nitrogen and oxygen atoms in total. The van der Waals surface area contributed by atoms with Crippen molar-refractivity contribution < 1.29 is 0 Å². The summed E-state index contributed by atoms with van der Waals surface area (Å²) in [5.74, 6) is 0. The molecule has 0 fully saturated rings. The maximum Gasteiger partial charge on any atom is 0.274 e. The van der Waals surface area contributed by atoms with Gasteiger partial charge >= 0.3 is 0 Å². The summed E-state index contributed by atoms with van der Waals surface area (Å²) in [5.41, 5.74) is 7.63. The van der Waals surface area contributed by atoms with E-state index in [2.05, 4.69) is 5.10 Å². The van der Waals surface area contributed by atoms with E-state index in [-0.39, 0.29) is 11.6 Å². The van der Waals surface area contributed by atoms with Crippen molar-refractivity contribution in [1.82, 2.24) is 9.78 Å². The standard InChI is InChI=1S/C12H17N3O/c1-8(2)15-12(16)10-5-3-4-9(6-7-13)11(10)14-15/h3-5,8,14H,6-7,13H2,1-2H3. The Morgan fingerprint density at radius 2 is 2.19 bits per heavy atom. The molecule has 0 aliphatic heterocycles. The van der Waals surface area contributed by atoms with Crippen LogP contribution < -0.4 is 11.3 Å². The van der Waals surface area contributed by atoms with Gasteiger partial charge in [0, 0.05) is 6.04 Å². The number of para-hydroxylation sites is 1. The molecule has 0 bridgehead atoms. The summed E-state index contributed by atoms with van der Waals surface area (Å²) in [5, 5.41) is 3.92. The van der Waals surface area contributed by atoms with Crippen molar-refractivity contribution >= 4 is 10.9 Å². The molecule has 0 saturated carbocycles. The topological polar surface area (TPSA) is 63.8 Å². The predicted octanol–water partition coefficient (Wildman–Crippen LogP) is 1.41. The van der Waals surface area contributed by atoms with Crippen molar-refractivity contribution in [3.05, 3.63) is 34.1 Å². The molecule has 0 saturated heterocycles. The van der Waals surface area contributed by atoms with Gasteiger partial charge in [0.15, 0.2) is 0 Å². The van der Waals surface area contributed by atoms with Gasteiger partial charge in [0.2, 0.25) is 0 Å². The zero-order valence-corrected chi connectivity index (χ0v) is 9.66. The fourth-order valence-corrected chi connectivity index (χ4v) is 1.94. The summed E-state index contributed by atoms with van der Waals surface area (Å²) in [6.07, 6.45) is 0.787. The molecule has 0 unspecified atom stereocenters. The highest BCUT2D eigenvalue weighted by molar-refractivity contribution is 5.81. The van der Waals surface area contributed by atoms with Crippen molar-refractivity contribution in [3.8, 4) is 0 Å². The van der Waals surface area contributed by atoms with E-state index in [4.69, 9.17) is 5.73 Å². The second-order valence-electron chi connectivity index (χ2n) is 4.26. The highest BCUT2D eigenvalue weighted by Gasteiger charge is 2.10. The molecule has 1 aromatic carbocycles. The number of fused-ring (bicyclic) bond motifs is 1.